The van der Waals surface area contributed by atoms with Gasteiger partial charge in [-0.2, -0.15) is 4.68 Å². The fraction of sp³-hybridized carbons (Fsp3) is 0.286. The molecule has 0 saturated heterocycles. The fourth-order valence-corrected chi connectivity index (χ4v) is 3.29. The second-order valence-electron chi connectivity index (χ2n) is 6.89. The van der Waals surface area contributed by atoms with Gasteiger partial charge in [-0.05, 0) is 31.2 Å². The molecule has 0 fully saturated rings. The number of aliphatic hydroxyl groups excluding tert-OH is 1. The van der Waals surface area contributed by atoms with E-state index in [0.29, 0.717) is 0 Å². The van der Waals surface area contributed by atoms with Gasteiger partial charge >= 0.3 is 5.69 Å². The minimum absolute atomic E-state index is 0.00533. The molecule has 0 aliphatic heterocycles. The van der Waals surface area contributed by atoms with Crippen LogP contribution in [0.2, 0.25) is 5.02 Å². The average Bonchev–Trinajstić information content (AvgIpc) is 3.14. The number of halogens is 5. The molecule has 34 heavy (non-hydrogen) atoms. The monoisotopic (exact) mass is 502 g/mol. The lowest BCUT2D eigenvalue weighted by atomic mass is 10.1. The average molecular weight is 503 g/mol. The predicted molar refractivity (Wildman–Crippen MR) is 115 cm³/mol. The van der Waals surface area contributed by atoms with Gasteiger partial charge in [-0.15, -0.1) is 5.10 Å². The lowest BCUT2D eigenvalue weighted by molar-refractivity contribution is -0.00155. The van der Waals surface area contributed by atoms with Crippen molar-refractivity contribution < 1.29 is 32.2 Å². The van der Waals surface area contributed by atoms with Gasteiger partial charge in [0.15, 0.2) is 11.9 Å². The van der Waals surface area contributed by atoms with Gasteiger partial charge in [0.25, 0.3) is 12.3 Å². The predicted octanol–water partition coefficient (Wildman–Crippen LogP) is 3.57. The van der Waals surface area contributed by atoms with E-state index < -0.39 is 49.0 Å². The maximum Gasteiger partial charge on any atom is 0.350 e. The summed E-state index contributed by atoms with van der Waals surface area (Å²) in [6.45, 7) is -0.270. The zero-order chi connectivity index (χ0) is 25.0. The highest BCUT2D eigenvalue weighted by Crippen LogP contribution is 2.29. The molecule has 3 aromatic rings. The third-order valence-electron chi connectivity index (χ3n) is 4.76. The van der Waals surface area contributed by atoms with Gasteiger partial charge in [0.1, 0.15) is 24.8 Å². The van der Waals surface area contributed by atoms with Gasteiger partial charge in [0.05, 0.1) is 22.0 Å². The van der Waals surface area contributed by atoms with Gasteiger partial charge < -0.3 is 15.2 Å². The van der Waals surface area contributed by atoms with Crippen LogP contribution in [-0.2, 0) is 13.2 Å². The van der Waals surface area contributed by atoms with Crippen molar-refractivity contribution in [3.05, 3.63) is 69.1 Å². The van der Waals surface area contributed by atoms with Crippen LogP contribution in [0.4, 0.5) is 23.2 Å². The molecule has 0 bridgehead atoms. The summed E-state index contributed by atoms with van der Waals surface area (Å²) in [5, 5.41) is 15.5. The Kier molecular flexibility index (Phi) is 7.94. The van der Waals surface area contributed by atoms with E-state index in [1.807, 2.05) is 0 Å². The molecule has 1 atom stereocenters. The highest BCUT2D eigenvalue weighted by atomic mass is 35.5. The summed E-state index contributed by atoms with van der Waals surface area (Å²) in [4.78, 5) is 25.4. The number of alkyl halides is 3. The minimum atomic E-state index is -3.23. The molecule has 0 aliphatic carbocycles. The number of hydrogen-bond donors (Lipinski definition) is 2. The smallest absolute Gasteiger partial charge is 0.350 e. The minimum Gasteiger partial charge on any atom is -0.481 e. The van der Waals surface area contributed by atoms with Crippen LogP contribution in [0.3, 0.4) is 0 Å². The zero-order valence-electron chi connectivity index (χ0n) is 17.6. The second kappa shape index (κ2) is 10.7. The van der Waals surface area contributed by atoms with Crippen LogP contribution >= 0.6 is 11.6 Å². The molecule has 1 aromatic heterocycles. The van der Waals surface area contributed by atoms with E-state index in [2.05, 4.69) is 10.4 Å². The quantitative estimate of drug-likeness (QED) is 0.436. The summed E-state index contributed by atoms with van der Waals surface area (Å²) in [6, 6.07) is 7.11. The maximum atomic E-state index is 14.1. The first-order valence-electron chi connectivity index (χ1n) is 9.91. The first-order valence-corrected chi connectivity index (χ1v) is 10.3. The number of aromatic nitrogens is 3. The Hall–Kier alpha value is -3.38. The Labute approximate surface area is 195 Å². The van der Waals surface area contributed by atoms with Gasteiger partial charge in [0.2, 0.25) is 0 Å². The van der Waals surface area contributed by atoms with E-state index in [1.165, 1.54) is 22.8 Å². The molecule has 3 rings (SSSR count). The highest BCUT2D eigenvalue weighted by molar-refractivity contribution is 6.34. The summed E-state index contributed by atoms with van der Waals surface area (Å²) < 4.78 is 60.7. The summed E-state index contributed by atoms with van der Waals surface area (Å²) in [6.07, 6.45) is -5.44. The van der Waals surface area contributed by atoms with Gasteiger partial charge in [0, 0.05) is 12.6 Å². The number of anilines is 1. The van der Waals surface area contributed by atoms with Gasteiger partial charge in [-0.3, -0.25) is 9.36 Å². The van der Waals surface area contributed by atoms with E-state index in [4.69, 9.17) is 16.3 Å². The Balaban J connectivity index is 2.09. The number of carbonyl (C=O) groups is 1. The number of nitrogens with one attached hydrogen (secondary N) is 1. The molecular weight excluding hydrogens is 484 g/mol. The molecule has 182 valence electrons. The fourth-order valence-electron chi connectivity index (χ4n) is 3.08. The molecule has 0 aliphatic rings. The first-order chi connectivity index (χ1) is 16.2. The van der Waals surface area contributed by atoms with Crippen LogP contribution in [0.15, 0.2) is 41.2 Å². The van der Waals surface area contributed by atoms with E-state index in [9.17, 15) is 32.3 Å². The topological polar surface area (TPSA) is 98.4 Å². The Morgan fingerprint density at radius 1 is 1.29 bits per heavy atom. The van der Waals surface area contributed by atoms with E-state index in [-0.39, 0.29) is 34.3 Å². The lowest BCUT2D eigenvalue weighted by Gasteiger charge is -2.18. The SMILES string of the molecule is CCn1c(CO)nn(-c2ccc(C(=O)Nc3c(F)cccc3Cl)c(O[C@@H](CF)C(F)F)c2)c1=O. The second-order valence-corrected chi connectivity index (χ2v) is 7.30. The number of ether oxygens (including phenoxy) is 1. The number of hydrogen-bond acceptors (Lipinski definition) is 5. The zero-order valence-corrected chi connectivity index (χ0v) is 18.4. The van der Waals surface area contributed by atoms with Crippen LogP contribution in [0, 0.1) is 5.82 Å². The molecular formula is C21H19ClF4N4O4. The Morgan fingerprint density at radius 2 is 2.03 bits per heavy atom. The van der Waals surface area contributed by atoms with E-state index in [1.54, 1.807) is 6.92 Å². The lowest BCUT2D eigenvalue weighted by Crippen LogP contribution is -2.29. The normalized spacial score (nSPS) is 12.1. The molecule has 0 spiro atoms. The summed E-state index contributed by atoms with van der Waals surface area (Å²) in [5.74, 6) is -2.29. The number of amides is 1. The largest absolute Gasteiger partial charge is 0.481 e. The molecule has 0 saturated carbocycles. The van der Waals surface area contributed by atoms with Gasteiger partial charge in [-0.1, -0.05) is 17.7 Å². The summed E-state index contributed by atoms with van der Waals surface area (Å²) in [5.41, 5.74) is -1.36. The number of carbonyl (C=O) groups excluding carboxylic acids is 1. The van der Waals surface area contributed by atoms with Crippen molar-refractivity contribution in [3.8, 4) is 11.4 Å². The molecule has 1 amide bonds. The van der Waals surface area contributed by atoms with E-state index >= 15 is 0 Å². The number of benzene rings is 2. The maximum absolute atomic E-state index is 14.1. The van der Waals surface area contributed by atoms with Crippen molar-refractivity contribution in [2.24, 2.45) is 0 Å². The number of para-hydroxylation sites is 1. The number of nitrogens with zero attached hydrogens (tertiary/aromatic N) is 3. The van der Waals surface area contributed by atoms with Crippen molar-refractivity contribution in [2.45, 2.75) is 32.6 Å². The van der Waals surface area contributed by atoms with Crippen molar-refractivity contribution >= 4 is 23.2 Å². The third-order valence-corrected chi connectivity index (χ3v) is 5.08. The molecule has 0 unspecified atom stereocenters. The highest BCUT2D eigenvalue weighted by Gasteiger charge is 2.26. The third kappa shape index (κ3) is 5.07. The summed E-state index contributed by atoms with van der Waals surface area (Å²) >= 11 is 5.91. The first kappa shape index (κ1) is 25.2. The van der Waals surface area contributed by atoms with Crippen LogP contribution in [0.25, 0.3) is 5.69 Å². The van der Waals surface area contributed by atoms with Crippen molar-refractivity contribution in [3.63, 3.8) is 0 Å². The summed E-state index contributed by atoms with van der Waals surface area (Å²) in [7, 11) is 0. The van der Waals surface area contributed by atoms with Gasteiger partial charge in [-0.25, -0.2) is 22.4 Å². The van der Waals surface area contributed by atoms with Crippen LogP contribution < -0.4 is 15.7 Å². The number of aliphatic hydroxyl groups is 1. The molecule has 0 radical (unpaired) electrons. The molecule has 2 aromatic carbocycles. The van der Waals surface area contributed by atoms with Crippen LogP contribution in [0.1, 0.15) is 23.1 Å². The molecule has 8 nitrogen and oxygen atoms in total. The number of rotatable bonds is 9. The van der Waals surface area contributed by atoms with Crippen LogP contribution in [0.5, 0.6) is 5.75 Å². The standard InChI is InChI=1S/C21H19ClF4N4O4/c1-2-29-17(10-31)28-30(21(29)33)11-6-7-12(15(8-11)34-16(9-23)19(25)26)20(32)27-18-13(22)4-3-5-14(18)24/h3-8,16,19,31H,2,9-10H2,1H3,(H,27,32)/t16-/m0/s1. The van der Waals surface area contributed by atoms with Crippen LogP contribution in [-0.4, -0.2) is 44.6 Å². The Morgan fingerprint density at radius 3 is 2.59 bits per heavy atom. The Bertz CT molecular complexity index is 1230. The van der Waals surface area contributed by atoms with Crippen molar-refractivity contribution in [1.29, 1.82) is 0 Å². The van der Waals surface area contributed by atoms with Crippen molar-refractivity contribution in [2.75, 3.05) is 12.0 Å². The molecule has 1 heterocycles. The van der Waals surface area contributed by atoms with Crippen molar-refractivity contribution in [1.82, 2.24) is 14.3 Å². The molecule has 2 N–H and O–H groups in total. The van der Waals surface area contributed by atoms with E-state index in [0.717, 1.165) is 22.9 Å². The molecule has 13 heteroatoms.